The molecule has 0 aromatic rings. The highest BCUT2D eigenvalue weighted by Gasteiger charge is 2.61. The number of carbonyl (C=O) groups excluding carboxylic acids is 3. The Hall–Kier alpha value is -1.59. The van der Waals surface area contributed by atoms with Crippen LogP contribution in [-0.4, -0.2) is 63.8 Å². The molecule has 4 amide bonds. The molecule has 0 N–H and O–H groups in total. The van der Waals surface area contributed by atoms with Gasteiger partial charge in [-0.05, 0) is 32.6 Å². The summed E-state index contributed by atoms with van der Waals surface area (Å²) in [6.07, 6.45) is 3.75. The highest BCUT2D eigenvalue weighted by Crippen LogP contribution is 2.42. The number of hydrogen-bond donors (Lipinski definition) is 0. The normalized spacial score (nSPS) is 32.6. The van der Waals surface area contributed by atoms with Gasteiger partial charge in [0.1, 0.15) is 11.6 Å². The minimum atomic E-state index is -0.661. The topological polar surface area (TPSA) is 60.9 Å². The number of likely N-dealkylation sites (tertiary alicyclic amines) is 1. The zero-order chi connectivity index (χ0) is 15.2. The van der Waals surface area contributed by atoms with Crippen LogP contribution in [0.15, 0.2) is 0 Å². The molecule has 0 aliphatic carbocycles. The van der Waals surface area contributed by atoms with Crippen molar-refractivity contribution in [2.45, 2.75) is 57.5 Å². The fraction of sp³-hybridized carbons (Fsp3) is 0.800. The first-order valence-electron chi connectivity index (χ1n) is 8.01. The average molecular weight is 293 g/mol. The minimum Gasteiger partial charge on any atom is -0.341 e. The summed E-state index contributed by atoms with van der Waals surface area (Å²) in [7, 11) is 0. The van der Waals surface area contributed by atoms with E-state index >= 15 is 0 Å². The van der Waals surface area contributed by atoms with Gasteiger partial charge < -0.3 is 9.80 Å². The number of hydrogen-bond acceptors (Lipinski definition) is 3. The fourth-order valence-electron chi connectivity index (χ4n) is 4.15. The summed E-state index contributed by atoms with van der Waals surface area (Å²) in [5.41, 5.74) is -0.661. The van der Waals surface area contributed by atoms with E-state index in [4.69, 9.17) is 0 Å². The Morgan fingerprint density at radius 3 is 2.57 bits per heavy atom. The van der Waals surface area contributed by atoms with Crippen LogP contribution in [0.25, 0.3) is 0 Å². The zero-order valence-electron chi connectivity index (χ0n) is 12.8. The third-order valence-corrected chi connectivity index (χ3v) is 5.17. The van der Waals surface area contributed by atoms with Gasteiger partial charge in [0.25, 0.3) is 5.91 Å². The molecular weight excluding hydrogens is 270 g/mol. The van der Waals surface area contributed by atoms with Gasteiger partial charge in [0.2, 0.25) is 5.91 Å². The van der Waals surface area contributed by atoms with Crippen LogP contribution in [0.1, 0.15) is 46.0 Å². The second kappa shape index (κ2) is 5.00. The van der Waals surface area contributed by atoms with Crippen LogP contribution in [-0.2, 0) is 9.59 Å². The molecule has 0 aromatic carbocycles. The van der Waals surface area contributed by atoms with E-state index in [0.29, 0.717) is 32.5 Å². The molecule has 3 aliphatic rings. The minimum absolute atomic E-state index is 0.0768. The van der Waals surface area contributed by atoms with Crippen LogP contribution in [0.4, 0.5) is 4.79 Å². The molecule has 3 heterocycles. The Kier molecular flexibility index (Phi) is 3.42. The monoisotopic (exact) mass is 293 g/mol. The van der Waals surface area contributed by atoms with E-state index in [9.17, 15) is 14.4 Å². The van der Waals surface area contributed by atoms with Gasteiger partial charge in [-0.2, -0.15) is 0 Å². The van der Waals surface area contributed by atoms with E-state index in [1.54, 1.807) is 9.80 Å². The van der Waals surface area contributed by atoms with Crippen LogP contribution in [0.2, 0.25) is 0 Å². The summed E-state index contributed by atoms with van der Waals surface area (Å²) in [6.45, 7) is 5.86. The molecule has 0 bridgehead atoms. The van der Waals surface area contributed by atoms with Crippen LogP contribution in [0.5, 0.6) is 0 Å². The molecule has 3 aliphatic heterocycles. The lowest BCUT2D eigenvalue weighted by Gasteiger charge is -2.27. The molecule has 2 atom stereocenters. The third-order valence-electron chi connectivity index (χ3n) is 5.17. The SMILES string of the molecule is CCCC12CCCN1C(=O)N(C1CCN(CC)C1=O)C2=O. The number of urea groups is 1. The lowest BCUT2D eigenvalue weighted by Crippen LogP contribution is -2.48. The van der Waals surface area contributed by atoms with E-state index in [1.807, 2.05) is 13.8 Å². The first kappa shape index (κ1) is 14.4. The first-order chi connectivity index (χ1) is 10.1. The third kappa shape index (κ3) is 1.80. The smallest absolute Gasteiger partial charge is 0.328 e. The molecule has 2 unspecified atom stereocenters. The van der Waals surface area contributed by atoms with E-state index in [1.165, 1.54) is 4.90 Å². The van der Waals surface area contributed by atoms with Crippen molar-refractivity contribution >= 4 is 17.8 Å². The fourth-order valence-corrected chi connectivity index (χ4v) is 4.15. The predicted molar refractivity (Wildman–Crippen MR) is 76.5 cm³/mol. The zero-order valence-corrected chi connectivity index (χ0v) is 12.8. The molecule has 0 saturated carbocycles. The van der Waals surface area contributed by atoms with Crippen molar-refractivity contribution in [2.24, 2.45) is 0 Å². The van der Waals surface area contributed by atoms with Crippen molar-refractivity contribution < 1.29 is 14.4 Å². The molecule has 3 fully saturated rings. The Morgan fingerprint density at radius 2 is 1.95 bits per heavy atom. The molecule has 0 aromatic heterocycles. The molecule has 3 rings (SSSR count). The Morgan fingerprint density at radius 1 is 1.19 bits per heavy atom. The van der Waals surface area contributed by atoms with Crippen LogP contribution in [0.3, 0.4) is 0 Å². The van der Waals surface area contributed by atoms with E-state index < -0.39 is 11.6 Å². The molecule has 6 nitrogen and oxygen atoms in total. The summed E-state index contributed by atoms with van der Waals surface area (Å²) in [5.74, 6) is -0.213. The molecule has 0 spiro atoms. The molecule has 0 radical (unpaired) electrons. The van der Waals surface area contributed by atoms with Crippen LogP contribution >= 0.6 is 0 Å². The summed E-state index contributed by atoms with van der Waals surface area (Å²) in [5, 5.41) is 0. The Balaban J connectivity index is 1.90. The number of rotatable bonds is 4. The number of carbonyl (C=O) groups is 3. The molecule has 116 valence electrons. The first-order valence-corrected chi connectivity index (χ1v) is 8.01. The Bertz CT molecular complexity index is 493. The average Bonchev–Trinajstić information content (AvgIpc) is 3.09. The van der Waals surface area contributed by atoms with Gasteiger partial charge in [0, 0.05) is 19.6 Å². The van der Waals surface area contributed by atoms with Gasteiger partial charge in [-0.15, -0.1) is 0 Å². The maximum Gasteiger partial charge on any atom is 0.328 e. The van der Waals surface area contributed by atoms with Gasteiger partial charge in [-0.3, -0.25) is 9.59 Å². The quantitative estimate of drug-likeness (QED) is 0.732. The van der Waals surface area contributed by atoms with Gasteiger partial charge in [-0.25, -0.2) is 9.69 Å². The number of nitrogens with zero attached hydrogens (tertiary/aromatic N) is 3. The highest BCUT2D eigenvalue weighted by molar-refractivity contribution is 6.10. The molecular formula is C15H23N3O3. The van der Waals surface area contributed by atoms with Crippen molar-refractivity contribution in [3.8, 4) is 0 Å². The largest absolute Gasteiger partial charge is 0.341 e. The number of imide groups is 1. The van der Waals surface area contributed by atoms with Crippen LogP contribution in [0, 0.1) is 0 Å². The summed E-state index contributed by atoms with van der Waals surface area (Å²) in [4.78, 5) is 42.7. The van der Waals surface area contributed by atoms with Gasteiger partial charge in [-0.1, -0.05) is 13.3 Å². The standard InChI is InChI=1S/C15H23N3O3/c1-3-7-15-8-5-9-17(15)14(21)18(13(15)20)11-6-10-16(4-2)12(11)19/h11H,3-10H2,1-2H3. The summed E-state index contributed by atoms with van der Waals surface area (Å²) in [6, 6.07) is -0.827. The second-order valence-corrected chi connectivity index (χ2v) is 6.22. The van der Waals surface area contributed by atoms with E-state index in [0.717, 1.165) is 19.3 Å². The van der Waals surface area contributed by atoms with Crippen molar-refractivity contribution in [1.29, 1.82) is 0 Å². The molecule has 6 heteroatoms. The maximum atomic E-state index is 12.9. The Labute approximate surface area is 125 Å². The van der Waals surface area contributed by atoms with E-state index in [2.05, 4.69) is 0 Å². The second-order valence-electron chi connectivity index (χ2n) is 6.22. The number of fused-ring (bicyclic) bond motifs is 1. The van der Waals surface area contributed by atoms with E-state index in [-0.39, 0.29) is 17.8 Å². The van der Waals surface area contributed by atoms with Gasteiger partial charge >= 0.3 is 6.03 Å². The lowest BCUT2D eigenvalue weighted by atomic mass is 9.90. The van der Waals surface area contributed by atoms with Crippen molar-refractivity contribution in [2.75, 3.05) is 19.6 Å². The highest BCUT2D eigenvalue weighted by atomic mass is 16.2. The van der Waals surface area contributed by atoms with Crippen LogP contribution < -0.4 is 0 Å². The maximum absolute atomic E-state index is 12.9. The number of likely N-dealkylation sites (N-methyl/N-ethyl adjacent to an activating group) is 1. The molecule has 3 saturated heterocycles. The predicted octanol–water partition coefficient (Wildman–Crippen LogP) is 1.20. The van der Waals surface area contributed by atoms with Crippen molar-refractivity contribution in [1.82, 2.24) is 14.7 Å². The number of amides is 4. The van der Waals surface area contributed by atoms with Crippen molar-refractivity contribution in [3.63, 3.8) is 0 Å². The summed E-state index contributed by atoms with van der Waals surface area (Å²) >= 11 is 0. The van der Waals surface area contributed by atoms with Gasteiger partial charge in [0.05, 0.1) is 0 Å². The molecule has 21 heavy (non-hydrogen) atoms. The lowest BCUT2D eigenvalue weighted by molar-refractivity contribution is -0.140. The van der Waals surface area contributed by atoms with Crippen molar-refractivity contribution in [3.05, 3.63) is 0 Å². The van der Waals surface area contributed by atoms with Gasteiger partial charge in [0.15, 0.2) is 0 Å². The summed E-state index contributed by atoms with van der Waals surface area (Å²) < 4.78 is 0.